The molecular formula is C14H27NO4. The maximum Gasteiger partial charge on any atom is 0.308 e. The summed E-state index contributed by atoms with van der Waals surface area (Å²) in [4.78, 5) is 11.2. The Hall–Kier alpha value is -0.650. The first-order chi connectivity index (χ1) is 8.91. The Balaban J connectivity index is 2.25. The zero-order valence-corrected chi connectivity index (χ0v) is 12.4. The third-order valence-electron chi connectivity index (χ3n) is 3.85. The van der Waals surface area contributed by atoms with Crippen LogP contribution < -0.4 is 5.32 Å². The predicted octanol–water partition coefficient (Wildman–Crippen LogP) is 1.09. The first-order valence-electron chi connectivity index (χ1n) is 7.10. The zero-order chi connectivity index (χ0) is 14.5. The summed E-state index contributed by atoms with van der Waals surface area (Å²) in [5.41, 5.74) is 0.0691. The highest BCUT2D eigenvalue weighted by atomic mass is 16.5. The van der Waals surface area contributed by atoms with E-state index in [1.54, 1.807) is 6.92 Å². The lowest BCUT2D eigenvalue weighted by Gasteiger charge is -2.52. The molecule has 0 aliphatic heterocycles. The third-order valence-corrected chi connectivity index (χ3v) is 3.85. The Kier molecular flexibility index (Phi) is 6.23. The molecule has 1 rings (SSSR count). The normalized spacial score (nSPS) is 26.6. The van der Waals surface area contributed by atoms with Gasteiger partial charge in [0.2, 0.25) is 0 Å². The van der Waals surface area contributed by atoms with Crippen LogP contribution in [0.5, 0.6) is 0 Å². The molecule has 3 unspecified atom stereocenters. The maximum atomic E-state index is 11.2. The molecule has 0 radical (unpaired) electrons. The van der Waals surface area contributed by atoms with Crippen LogP contribution in [0, 0.1) is 5.41 Å². The fourth-order valence-corrected chi connectivity index (χ4v) is 2.48. The van der Waals surface area contributed by atoms with Gasteiger partial charge in [-0.25, -0.2) is 0 Å². The van der Waals surface area contributed by atoms with Gasteiger partial charge in [0.15, 0.2) is 0 Å². The number of aliphatic hydroxyl groups excluding tert-OH is 1. The molecule has 0 saturated heterocycles. The Morgan fingerprint density at radius 1 is 1.42 bits per heavy atom. The minimum absolute atomic E-state index is 0.0445. The number of carbonyl (C=O) groups excluding carboxylic acids is 1. The van der Waals surface area contributed by atoms with E-state index in [0.717, 1.165) is 13.0 Å². The smallest absolute Gasteiger partial charge is 0.308 e. The topological polar surface area (TPSA) is 67.8 Å². The van der Waals surface area contributed by atoms with Crippen LogP contribution in [0.2, 0.25) is 0 Å². The fraction of sp³-hybridized carbons (Fsp3) is 0.929. The van der Waals surface area contributed by atoms with E-state index in [-0.39, 0.29) is 23.9 Å². The van der Waals surface area contributed by atoms with Gasteiger partial charge in [0.25, 0.3) is 0 Å². The number of rotatable bonds is 8. The van der Waals surface area contributed by atoms with Gasteiger partial charge in [0.1, 0.15) is 0 Å². The van der Waals surface area contributed by atoms with Crippen molar-refractivity contribution in [3.63, 3.8) is 0 Å². The van der Waals surface area contributed by atoms with E-state index >= 15 is 0 Å². The number of aliphatic hydroxyl groups is 1. The second-order valence-electron chi connectivity index (χ2n) is 5.62. The first kappa shape index (κ1) is 16.4. The highest BCUT2D eigenvalue weighted by molar-refractivity contribution is 5.69. The van der Waals surface area contributed by atoms with Gasteiger partial charge in [-0.3, -0.25) is 4.79 Å². The number of hydrogen-bond donors (Lipinski definition) is 2. The van der Waals surface area contributed by atoms with Crippen LogP contribution in [0.15, 0.2) is 0 Å². The minimum Gasteiger partial charge on any atom is -0.466 e. The van der Waals surface area contributed by atoms with Crippen LogP contribution in [-0.4, -0.2) is 49.1 Å². The summed E-state index contributed by atoms with van der Waals surface area (Å²) in [7, 11) is 0. The van der Waals surface area contributed by atoms with Gasteiger partial charge in [-0.2, -0.15) is 0 Å². The molecule has 5 nitrogen and oxygen atoms in total. The van der Waals surface area contributed by atoms with Crippen LogP contribution in [-0.2, 0) is 14.3 Å². The Labute approximate surface area is 115 Å². The molecule has 0 bridgehead atoms. The summed E-state index contributed by atoms with van der Waals surface area (Å²) in [6.07, 6.45) is 0.578. The van der Waals surface area contributed by atoms with E-state index < -0.39 is 6.10 Å². The molecule has 3 atom stereocenters. The Morgan fingerprint density at radius 2 is 2.11 bits per heavy atom. The van der Waals surface area contributed by atoms with E-state index in [4.69, 9.17) is 9.47 Å². The van der Waals surface area contributed by atoms with Crippen LogP contribution in [0.1, 0.15) is 40.5 Å². The third kappa shape index (κ3) is 4.44. The van der Waals surface area contributed by atoms with E-state index in [2.05, 4.69) is 19.2 Å². The van der Waals surface area contributed by atoms with Crippen LogP contribution in [0.4, 0.5) is 0 Å². The summed E-state index contributed by atoms with van der Waals surface area (Å²) in [5, 5.41) is 13.1. The van der Waals surface area contributed by atoms with Crippen molar-refractivity contribution in [1.82, 2.24) is 5.32 Å². The van der Waals surface area contributed by atoms with Crippen molar-refractivity contribution >= 4 is 5.97 Å². The van der Waals surface area contributed by atoms with Gasteiger partial charge >= 0.3 is 5.97 Å². The monoisotopic (exact) mass is 273 g/mol. The average molecular weight is 273 g/mol. The van der Waals surface area contributed by atoms with Crippen molar-refractivity contribution in [2.45, 2.75) is 58.8 Å². The van der Waals surface area contributed by atoms with Gasteiger partial charge in [-0.05, 0) is 20.3 Å². The molecule has 112 valence electrons. The molecule has 0 aromatic carbocycles. The molecule has 1 fully saturated rings. The maximum absolute atomic E-state index is 11.2. The summed E-state index contributed by atoms with van der Waals surface area (Å²) in [5.74, 6) is -0.350. The molecule has 1 saturated carbocycles. The zero-order valence-electron chi connectivity index (χ0n) is 12.4. The minimum atomic E-state index is -0.694. The summed E-state index contributed by atoms with van der Waals surface area (Å²) in [6.45, 7) is 9.56. The van der Waals surface area contributed by atoms with E-state index in [0.29, 0.717) is 19.2 Å². The second kappa shape index (κ2) is 7.22. The molecule has 2 N–H and O–H groups in total. The summed E-state index contributed by atoms with van der Waals surface area (Å²) in [6, 6.07) is 0.320. The lowest BCUT2D eigenvalue weighted by atomic mass is 9.64. The molecule has 0 spiro atoms. The van der Waals surface area contributed by atoms with E-state index in [1.807, 2.05) is 6.92 Å². The molecule has 19 heavy (non-hydrogen) atoms. The molecule has 1 aliphatic rings. The molecule has 0 aromatic rings. The lowest BCUT2D eigenvalue weighted by Crippen LogP contribution is -2.61. The first-order valence-corrected chi connectivity index (χ1v) is 7.10. The highest BCUT2D eigenvalue weighted by Crippen LogP contribution is 2.42. The number of ether oxygens (including phenoxy) is 2. The van der Waals surface area contributed by atoms with Gasteiger partial charge in [-0.15, -0.1) is 0 Å². The van der Waals surface area contributed by atoms with Crippen LogP contribution in [0.3, 0.4) is 0 Å². The van der Waals surface area contributed by atoms with Crippen LogP contribution in [0.25, 0.3) is 0 Å². The van der Waals surface area contributed by atoms with Crippen molar-refractivity contribution in [3.05, 3.63) is 0 Å². The van der Waals surface area contributed by atoms with Crippen LogP contribution >= 0.6 is 0 Å². The predicted molar refractivity (Wildman–Crippen MR) is 72.9 cm³/mol. The Bertz CT molecular complexity index is 293. The standard InChI is InChI=1S/C14H27NO4/c1-5-18-12-8-11(14(12,3)4)15-9-10(16)7-13(17)19-6-2/h10-12,15-16H,5-9H2,1-4H3. The fourth-order valence-electron chi connectivity index (χ4n) is 2.48. The van der Waals surface area contributed by atoms with Crippen molar-refractivity contribution in [2.24, 2.45) is 5.41 Å². The van der Waals surface area contributed by atoms with Crippen molar-refractivity contribution in [2.75, 3.05) is 19.8 Å². The molecule has 0 heterocycles. The van der Waals surface area contributed by atoms with Gasteiger partial charge < -0.3 is 19.9 Å². The van der Waals surface area contributed by atoms with E-state index in [9.17, 15) is 9.90 Å². The summed E-state index contributed by atoms with van der Waals surface area (Å²) >= 11 is 0. The molecule has 1 aliphatic carbocycles. The SMILES string of the molecule is CCOC(=O)CC(O)CNC1CC(OCC)C1(C)C. The number of nitrogens with one attached hydrogen (secondary N) is 1. The average Bonchev–Trinajstić information content (AvgIpc) is 2.33. The quantitative estimate of drug-likeness (QED) is 0.648. The largest absolute Gasteiger partial charge is 0.466 e. The Morgan fingerprint density at radius 3 is 2.63 bits per heavy atom. The highest BCUT2D eigenvalue weighted by Gasteiger charge is 2.48. The van der Waals surface area contributed by atoms with Crippen molar-refractivity contribution in [1.29, 1.82) is 0 Å². The van der Waals surface area contributed by atoms with Gasteiger partial charge in [0, 0.05) is 24.6 Å². The summed E-state index contributed by atoms with van der Waals surface area (Å²) < 4.78 is 10.5. The molecular weight excluding hydrogens is 246 g/mol. The number of carbonyl (C=O) groups is 1. The molecule has 0 amide bonds. The number of esters is 1. The van der Waals surface area contributed by atoms with Gasteiger partial charge in [0.05, 0.1) is 25.2 Å². The lowest BCUT2D eigenvalue weighted by molar-refractivity contribution is -0.145. The number of hydrogen-bond acceptors (Lipinski definition) is 5. The van der Waals surface area contributed by atoms with Gasteiger partial charge in [-0.1, -0.05) is 13.8 Å². The molecule has 5 heteroatoms. The second-order valence-corrected chi connectivity index (χ2v) is 5.62. The van der Waals surface area contributed by atoms with Crippen molar-refractivity contribution < 1.29 is 19.4 Å². The van der Waals surface area contributed by atoms with E-state index in [1.165, 1.54) is 0 Å². The molecule has 0 aromatic heterocycles. The van der Waals surface area contributed by atoms with Crippen molar-refractivity contribution in [3.8, 4) is 0 Å².